The summed E-state index contributed by atoms with van der Waals surface area (Å²) in [5.41, 5.74) is -1.56. The summed E-state index contributed by atoms with van der Waals surface area (Å²) in [6, 6.07) is 0. The summed E-state index contributed by atoms with van der Waals surface area (Å²) in [4.78, 5) is 37.6. The van der Waals surface area contributed by atoms with E-state index >= 15 is 0 Å². The number of aliphatic hydroxyl groups excluding tert-OH is 2. The van der Waals surface area contributed by atoms with Crippen LogP contribution in [0.25, 0.3) is 6.08 Å². The highest BCUT2D eigenvalue weighted by molar-refractivity contribution is 6.74. The normalized spacial score (nSPS) is 25.1. The second-order valence-electron chi connectivity index (χ2n) is 8.73. The van der Waals surface area contributed by atoms with Crippen molar-refractivity contribution in [1.29, 1.82) is 0 Å². The first-order chi connectivity index (χ1) is 13.8. The minimum Gasteiger partial charge on any atom is -0.466 e. The zero-order valence-corrected chi connectivity index (χ0v) is 19.0. The zero-order chi connectivity index (χ0) is 22.9. The average molecular weight is 443 g/mol. The molecule has 0 amide bonds. The van der Waals surface area contributed by atoms with Gasteiger partial charge < -0.3 is 24.1 Å². The lowest BCUT2D eigenvalue weighted by molar-refractivity contribution is -0.134. The molecule has 1 aromatic heterocycles. The number of H-pyrrole nitrogens is 1. The Morgan fingerprint density at radius 1 is 1.30 bits per heavy atom. The van der Waals surface area contributed by atoms with Crippen LogP contribution in [0, 0.1) is 0 Å². The summed E-state index contributed by atoms with van der Waals surface area (Å²) >= 11 is 0. The van der Waals surface area contributed by atoms with Crippen molar-refractivity contribution in [3.05, 3.63) is 38.7 Å². The maximum Gasteiger partial charge on any atom is 0.330 e. The summed E-state index contributed by atoms with van der Waals surface area (Å²) in [5, 5.41) is 20.8. The van der Waals surface area contributed by atoms with E-state index in [4.69, 9.17) is 9.16 Å². The van der Waals surface area contributed by atoms with E-state index in [1.54, 1.807) is 0 Å². The molecule has 0 spiro atoms. The molecular weight excluding hydrogens is 412 g/mol. The first kappa shape index (κ1) is 24.2. The first-order valence-electron chi connectivity index (χ1n) is 9.55. The van der Waals surface area contributed by atoms with Crippen molar-refractivity contribution < 1.29 is 28.9 Å². The molecule has 0 unspecified atom stereocenters. The summed E-state index contributed by atoms with van der Waals surface area (Å²) in [5.74, 6) is -0.678. The van der Waals surface area contributed by atoms with Crippen LogP contribution < -0.4 is 11.2 Å². The lowest BCUT2D eigenvalue weighted by Crippen LogP contribution is -2.44. The van der Waals surface area contributed by atoms with Gasteiger partial charge in [-0.05, 0) is 24.2 Å². The summed E-state index contributed by atoms with van der Waals surface area (Å²) < 4.78 is 17.2. The number of methoxy groups -OCH3 is 1. The Labute approximate surface area is 175 Å². The van der Waals surface area contributed by atoms with Gasteiger partial charge in [-0.15, -0.1) is 0 Å². The van der Waals surface area contributed by atoms with Crippen LogP contribution in [0.15, 0.2) is 21.9 Å². The maximum atomic E-state index is 12.3. The quantitative estimate of drug-likeness (QED) is 0.326. The van der Waals surface area contributed by atoms with Crippen molar-refractivity contribution in [1.82, 2.24) is 9.55 Å². The third-order valence-electron chi connectivity index (χ3n) is 5.62. The number of esters is 1. The fourth-order valence-corrected chi connectivity index (χ4v) is 3.65. The van der Waals surface area contributed by atoms with Crippen LogP contribution >= 0.6 is 0 Å². The number of nitrogens with one attached hydrogen (secondary N) is 1. The van der Waals surface area contributed by atoms with Gasteiger partial charge in [0, 0.05) is 12.3 Å². The van der Waals surface area contributed by atoms with Crippen LogP contribution in [0.5, 0.6) is 0 Å². The van der Waals surface area contributed by atoms with Crippen molar-refractivity contribution in [3.8, 4) is 0 Å². The van der Waals surface area contributed by atoms with Gasteiger partial charge in [0.25, 0.3) is 5.56 Å². The van der Waals surface area contributed by atoms with Gasteiger partial charge in [0.15, 0.2) is 14.5 Å². The molecule has 0 saturated carbocycles. The second-order valence-corrected chi connectivity index (χ2v) is 13.5. The first-order valence-corrected chi connectivity index (χ1v) is 12.5. The Balaban J connectivity index is 2.26. The van der Waals surface area contributed by atoms with Crippen molar-refractivity contribution >= 4 is 20.4 Å². The van der Waals surface area contributed by atoms with Crippen LogP contribution in [0.3, 0.4) is 0 Å². The van der Waals surface area contributed by atoms with E-state index in [0.717, 1.165) is 16.8 Å². The van der Waals surface area contributed by atoms with E-state index in [-0.39, 0.29) is 17.2 Å². The molecule has 30 heavy (non-hydrogen) atoms. The van der Waals surface area contributed by atoms with Crippen LogP contribution in [-0.2, 0) is 18.7 Å². The topological polar surface area (TPSA) is 140 Å². The van der Waals surface area contributed by atoms with Crippen LogP contribution in [-0.4, -0.2) is 66.1 Å². The zero-order valence-electron chi connectivity index (χ0n) is 18.0. The highest BCUT2D eigenvalue weighted by atomic mass is 28.4. The molecule has 0 bridgehead atoms. The van der Waals surface area contributed by atoms with Crippen molar-refractivity contribution in [2.75, 3.05) is 13.7 Å². The number of rotatable bonds is 6. The molecule has 2 heterocycles. The monoisotopic (exact) mass is 442 g/mol. The molecule has 10 nitrogen and oxygen atoms in total. The Morgan fingerprint density at radius 3 is 2.50 bits per heavy atom. The SMILES string of the molecule is COC(=O)/C=C/c1cn([C@@H]2O[C@H](CO[Si](C)(C)C(C)(C)C)[C@@H](O)[C@H]2O)c(=O)[nH]c1=O. The van der Waals surface area contributed by atoms with Crippen LogP contribution in [0.4, 0.5) is 0 Å². The number of aromatic nitrogens is 2. The van der Waals surface area contributed by atoms with Crippen molar-refractivity contribution in [3.63, 3.8) is 0 Å². The van der Waals surface area contributed by atoms with Crippen LogP contribution in [0.1, 0.15) is 32.6 Å². The summed E-state index contributed by atoms with van der Waals surface area (Å²) in [7, 11) is -0.931. The van der Waals surface area contributed by atoms with Crippen LogP contribution in [0.2, 0.25) is 18.1 Å². The lowest BCUT2D eigenvalue weighted by Gasteiger charge is -2.37. The summed E-state index contributed by atoms with van der Waals surface area (Å²) in [6.07, 6.45) is -1.44. The molecule has 0 aliphatic carbocycles. The number of hydrogen-bond acceptors (Lipinski definition) is 8. The Hall–Kier alpha value is -2.05. The molecule has 1 aliphatic heterocycles. The van der Waals surface area contributed by atoms with E-state index in [1.807, 2.05) is 0 Å². The smallest absolute Gasteiger partial charge is 0.330 e. The van der Waals surface area contributed by atoms with E-state index in [0.29, 0.717) is 0 Å². The lowest BCUT2D eigenvalue weighted by atomic mass is 10.1. The third-order valence-corrected chi connectivity index (χ3v) is 10.1. The second kappa shape index (κ2) is 8.98. The third kappa shape index (κ3) is 5.16. The molecule has 0 radical (unpaired) electrons. The number of nitrogens with zero attached hydrogens (tertiary/aromatic N) is 1. The van der Waals surface area contributed by atoms with E-state index in [1.165, 1.54) is 13.2 Å². The molecular formula is C19H30N2O8Si. The number of aromatic amines is 1. The standard InChI is InChI=1S/C19H30N2O8Si/c1-19(2,3)30(5,6)28-10-12-14(23)15(24)17(29-12)21-9-11(7-8-13(22)27-4)16(25)20-18(21)26/h7-9,12,14-15,17,23-24H,10H2,1-6H3,(H,20,25,26)/b8-7+/t12-,14-,15-,17-/m1/s1. The highest BCUT2D eigenvalue weighted by Gasteiger charge is 2.46. The predicted octanol–water partition coefficient (Wildman–Crippen LogP) is 0.364. The fraction of sp³-hybridized carbons (Fsp3) is 0.632. The molecule has 1 aliphatic rings. The van der Waals surface area contributed by atoms with Crippen molar-refractivity contribution in [2.24, 2.45) is 0 Å². The molecule has 3 N–H and O–H groups in total. The van der Waals surface area contributed by atoms with Gasteiger partial charge in [0.2, 0.25) is 0 Å². The average Bonchev–Trinajstić information content (AvgIpc) is 2.93. The molecule has 1 aromatic rings. The predicted molar refractivity (Wildman–Crippen MR) is 111 cm³/mol. The van der Waals surface area contributed by atoms with Gasteiger partial charge in [-0.1, -0.05) is 20.8 Å². The molecule has 11 heteroatoms. The van der Waals surface area contributed by atoms with Gasteiger partial charge >= 0.3 is 11.7 Å². The van der Waals surface area contributed by atoms with Gasteiger partial charge in [-0.3, -0.25) is 14.3 Å². The van der Waals surface area contributed by atoms with Gasteiger partial charge in [0.05, 0.1) is 19.3 Å². The Kier molecular flexibility index (Phi) is 7.25. The Morgan fingerprint density at radius 2 is 1.93 bits per heavy atom. The minimum absolute atomic E-state index is 0.0220. The molecule has 1 fully saturated rings. The van der Waals surface area contributed by atoms with E-state index in [9.17, 15) is 24.6 Å². The van der Waals surface area contributed by atoms with E-state index < -0.39 is 50.1 Å². The van der Waals surface area contributed by atoms with E-state index in [2.05, 4.69) is 43.6 Å². The van der Waals surface area contributed by atoms with Gasteiger partial charge in [0.1, 0.15) is 18.3 Å². The number of hydrogen-bond donors (Lipinski definition) is 3. The fourth-order valence-electron chi connectivity index (χ4n) is 2.64. The molecule has 4 atom stereocenters. The largest absolute Gasteiger partial charge is 0.466 e. The van der Waals surface area contributed by atoms with Crippen molar-refractivity contribution in [2.45, 2.75) is 63.4 Å². The number of aliphatic hydroxyl groups is 2. The Bertz CT molecular complexity index is 914. The maximum absolute atomic E-state index is 12.3. The molecule has 1 saturated heterocycles. The molecule has 2 rings (SSSR count). The molecule has 168 valence electrons. The highest BCUT2D eigenvalue weighted by Crippen LogP contribution is 2.37. The number of carbonyl (C=O) groups is 1. The minimum atomic E-state index is -2.12. The molecule has 0 aromatic carbocycles. The summed E-state index contributed by atoms with van der Waals surface area (Å²) in [6.45, 7) is 10.4. The van der Waals surface area contributed by atoms with Gasteiger partial charge in [-0.25, -0.2) is 9.59 Å². The number of carbonyl (C=O) groups excluding carboxylic acids is 1. The van der Waals surface area contributed by atoms with Gasteiger partial charge in [-0.2, -0.15) is 0 Å². The number of ether oxygens (including phenoxy) is 2.